The van der Waals surface area contributed by atoms with E-state index in [1.54, 1.807) is 21.1 Å². The van der Waals surface area contributed by atoms with Crippen LogP contribution >= 0.6 is 23.1 Å². The Morgan fingerprint density at radius 3 is 2.22 bits per heavy atom. The van der Waals surface area contributed by atoms with Crippen molar-refractivity contribution in [1.29, 1.82) is 5.26 Å². The van der Waals surface area contributed by atoms with Crippen LogP contribution in [0.1, 0.15) is 12.5 Å². The summed E-state index contributed by atoms with van der Waals surface area (Å²) in [6, 6.07) is 29.4. The third-order valence-corrected chi connectivity index (χ3v) is 8.17. The number of ether oxygens (including phenoxy) is 2. The number of thiazole rings is 1. The maximum absolute atomic E-state index is 13.2. The predicted octanol–water partition coefficient (Wildman–Crippen LogP) is 7.55. The highest BCUT2D eigenvalue weighted by Gasteiger charge is 2.22. The molecule has 0 aliphatic heterocycles. The van der Waals surface area contributed by atoms with Crippen molar-refractivity contribution in [2.24, 2.45) is 0 Å². The lowest BCUT2D eigenvalue weighted by molar-refractivity contribution is -0.115. The van der Waals surface area contributed by atoms with Crippen LogP contribution in [0.15, 0.2) is 95.3 Å². The van der Waals surface area contributed by atoms with Crippen LogP contribution in [0, 0.1) is 11.3 Å². The standard InChI is InChI=1S/C32H26N4O3S2/c1-20(30(37)36-32-35-27(19-40-32)23-14-15-28(38-2)29(16-23)39-3)41-31-25(18-33)24(21-10-6-4-7-11-21)17-26(34-31)22-12-8-5-9-13-22/h4-17,19-20H,1-3H3,(H,35,36,37). The van der Waals surface area contributed by atoms with Gasteiger partial charge in [0.05, 0.1) is 36.4 Å². The number of nitriles is 1. The molecule has 41 heavy (non-hydrogen) atoms. The first-order valence-corrected chi connectivity index (χ1v) is 14.5. The Balaban J connectivity index is 1.40. The number of pyridine rings is 1. The molecule has 9 heteroatoms. The van der Waals surface area contributed by atoms with Crippen LogP contribution in [-0.4, -0.2) is 35.3 Å². The van der Waals surface area contributed by atoms with E-state index in [4.69, 9.17) is 14.5 Å². The lowest BCUT2D eigenvalue weighted by atomic mass is 9.99. The maximum Gasteiger partial charge on any atom is 0.239 e. The second-order valence-electron chi connectivity index (χ2n) is 8.94. The first-order chi connectivity index (χ1) is 20.0. The van der Waals surface area contributed by atoms with E-state index in [2.05, 4.69) is 16.4 Å². The van der Waals surface area contributed by atoms with Crippen LogP contribution in [0.3, 0.4) is 0 Å². The smallest absolute Gasteiger partial charge is 0.239 e. The molecular weight excluding hydrogens is 553 g/mol. The minimum atomic E-state index is -0.544. The molecule has 5 aromatic rings. The van der Waals surface area contributed by atoms with Gasteiger partial charge in [-0.1, -0.05) is 72.4 Å². The summed E-state index contributed by atoms with van der Waals surface area (Å²) < 4.78 is 10.7. The molecule has 0 aliphatic rings. The summed E-state index contributed by atoms with van der Waals surface area (Å²) >= 11 is 2.59. The van der Waals surface area contributed by atoms with Gasteiger partial charge in [-0.2, -0.15) is 5.26 Å². The Morgan fingerprint density at radius 2 is 1.56 bits per heavy atom. The van der Waals surface area contributed by atoms with Gasteiger partial charge in [0, 0.05) is 22.1 Å². The molecule has 0 aliphatic carbocycles. The summed E-state index contributed by atoms with van der Waals surface area (Å²) in [6.45, 7) is 1.79. The second kappa shape index (κ2) is 12.7. The third-order valence-electron chi connectivity index (χ3n) is 6.32. The summed E-state index contributed by atoms with van der Waals surface area (Å²) in [7, 11) is 3.17. The molecule has 0 spiro atoms. The van der Waals surface area contributed by atoms with Gasteiger partial charge in [-0.15, -0.1) is 11.3 Å². The minimum Gasteiger partial charge on any atom is -0.493 e. The highest BCUT2D eigenvalue weighted by Crippen LogP contribution is 2.37. The fourth-order valence-electron chi connectivity index (χ4n) is 4.20. The maximum atomic E-state index is 13.2. The number of carbonyl (C=O) groups is 1. The predicted molar refractivity (Wildman–Crippen MR) is 164 cm³/mol. The van der Waals surface area contributed by atoms with Crippen LogP contribution in [-0.2, 0) is 4.79 Å². The number of amides is 1. The van der Waals surface area contributed by atoms with Gasteiger partial charge < -0.3 is 14.8 Å². The molecule has 0 radical (unpaired) electrons. The molecular formula is C32H26N4O3S2. The number of methoxy groups -OCH3 is 2. The van der Waals surface area contributed by atoms with Crippen LogP contribution in [0.25, 0.3) is 33.6 Å². The van der Waals surface area contributed by atoms with Crippen LogP contribution < -0.4 is 14.8 Å². The van der Waals surface area contributed by atoms with E-state index in [1.165, 1.54) is 23.1 Å². The summed E-state index contributed by atoms with van der Waals surface area (Å²) in [6.07, 6.45) is 0. The highest BCUT2D eigenvalue weighted by atomic mass is 32.2. The van der Waals surface area contributed by atoms with Crippen molar-refractivity contribution in [3.8, 4) is 51.2 Å². The van der Waals surface area contributed by atoms with Gasteiger partial charge >= 0.3 is 0 Å². The molecule has 7 nitrogen and oxygen atoms in total. The van der Waals surface area contributed by atoms with E-state index in [0.29, 0.717) is 32.9 Å². The number of thioether (sulfide) groups is 1. The lowest BCUT2D eigenvalue weighted by Crippen LogP contribution is -2.22. The third kappa shape index (κ3) is 6.24. The number of hydrogen-bond donors (Lipinski definition) is 1. The van der Waals surface area contributed by atoms with Crippen molar-refractivity contribution < 1.29 is 14.3 Å². The molecule has 1 unspecified atom stereocenters. The molecule has 0 fully saturated rings. The van der Waals surface area contributed by atoms with Gasteiger partial charge in [-0.25, -0.2) is 9.97 Å². The Morgan fingerprint density at radius 1 is 0.878 bits per heavy atom. The number of benzene rings is 3. The average molecular weight is 579 g/mol. The van der Waals surface area contributed by atoms with Crippen molar-refractivity contribution in [3.05, 3.63) is 95.9 Å². The molecule has 3 aromatic carbocycles. The summed E-state index contributed by atoms with van der Waals surface area (Å²) in [4.78, 5) is 22.7. The number of rotatable bonds is 9. The number of hydrogen-bond acceptors (Lipinski definition) is 8. The number of nitrogens with zero attached hydrogens (tertiary/aromatic N) is 3. The summed E-state index contributed by atoms with van der Waals surface area (Å²) in [5.74, 6) is 0.991. The van der Waals surface area contributed by atoms with E-state index in [-0.39, 0.29) is 5.91 Å². The number of aromatic nitrogens is 2. The number of anilines is 1. The Hall–Kier alpha value is -4.65. The van der Waals surface area contributed by atoms with Crippen molar-refractivity contribution >= 4 is 34.1 Å². The van der Waals surface area contributed by atoms with Gasteiger partial charge in [0.2, 0.25) is 5.91 Å². The molecule has 0 saturated heterocycles. The molecule has 1 N–H and O–H groups in total. The molecule has 204 valence electrons. The molecule has 1 atom stereocenters. The molecule has 5 rings (SSSR count). The molecule has 1 amide bonds. The van der Waals surface area contributed by atoms with Crippen molar-refractivity contribution in [3.63, 3.8) is 0 Å². The minimum absolute atomic E-state index is 0.236. The van der Waals surface area contributed by atoms with E-state index >= 15 is 0 Å². The number of carbonyl (C=O) groups excluding carboxylic acids is 1. The monoisotopic (exact) mass is 578 g/mol. The van der Waals surface area contributed by atoms with Crippen molar-refractivity contribution in [2.75, 3.05) is 19.5 Å². The fourth-order valence-corrected chi connectivity index (χ4v) is 5.85. The first-order valence-electron chi connectivity index (χ1n) is 12.7. The SMILES string of the molecule is COc1ccc(-c2csc(NC(=O)C(C)Sc3nc(-c4ccccc4)cc(-c4ccccc4)c3C#N)n2)cc1OC. The van der Waals surface area contributed by atoms with E-state index < -0.39 is 5.25 Å². The molecule has 0 saturated carbocycles. The van der Waals surface area contributed by atoms with Crippen molar-refractivity contribution in [2.45, 2.75) is 17.2 Å². The fraction of sp³-hybridized carbons (Fsp3) is 0.125. The van der Waals surface area contributed by atoms with E-state index in [9.17, 15) is 10.1 Å². The normalized spacial score (nSPS) is 11.4. The van der Waals surface area contributed by atoms with E-state index in [1.807, 2.05) is 90.3 Å². The van der Waals surface area contributed by atoms with Crippen molar-refractivity contribution in [1.82, 2.24) is 9.97 Å². The Kier molecular flexibility index (Phi) is 8.63. The lowest BCUT2D eigenvalue weighted by Gasteiger charge is -2.15. The average Bonchev–Trinajstić information content (AvgIpc) is 3.49. The van der Waals surface area contributed by atoms with Crippen LogP contribution in [0.4, 0.5) is 5.13 Å². The zero-order chi connectivity index (χ0) is 28.8. The van der Waals surface area contributed by atoms with Gasteiger partial charge in [0.25, 0.3) is 0 Å². The molecule has 0 bridgehead atoms. The Bertz CT molecular complexity index is 1720. The topological polar surface area (TPSA) is 97.1 Å². The zero-order valence-electron chi connectivity index (χ0n) is 22.6. The summed E-state index contributed by atoms with van der Waals surface area (Å²) in [5, 5.41) is 15.4. The van der Waals surface area contributed by atoms with E-state index in [0.717, 1.165) is 27.9 Å². The van der Waals surface area contributed by atoms with Crippen LogP contribution in [0.5, 0.6) is 11.5 Å². The van der Waals surface area contributed by atoms with Gasteiger partial charge in [-0.3, -0.25) is 4.79 Å². The Labute approximate surface area is 246 Å². The molecule has 2 aromatic heterocycles. The zero-order valence-corrected chi connectivity index (χ0v) is 24.3. The van der Waals surface area contributed by atoms with Gasteiger partial charge in [0.1, 0.15) is 11.1 Å². The second-order valence-corrected chi connectivity index (χ2v) is 11.1. The van der Waals surface area contributed by atoms with Gasteiger partial charge in [-0.05, 0) is 36.8 Å². The highest BCUT2D eigenvalue weighted by molar-refractivity contribution is 8.00. The molecule has 2 heterocycles. The van der Waals surface area contributed by atoms with Crippen LogP contribution in [0.2, 0.25) is 0 Å². The quantitative estimate of drug-likeness (QED) is 0.180. The first kappa shape index (κ1) is 27.9. The summed E-state index contributed by atoms with van der Waals surface area (Å²) in [5.41, 5.74) is 5.34. The largest absolute Gasteiger partial charge is 0.493 e. The van der Waals surface area contributed by atoms with Gasteiger partial charge in [0.15, 0.2) is 16.6 Å². The number of nitrogens with one attached hydrogen (secondary N) is 1.